The highest BCUT2D eigenvalue weighted by atomic mass is 79.9. The third kappa shape index (κ3) is 5.19. The Morgan fingerprint density at radius 2 is 1.88 bits per heavy atom. The summed E-state index contributed by atoms with van der Waals surface area (Å²) < 4.78 is 5.65. The summed E-state index contributed by atoms with van der Waals surface area (Å²) in [5.74, 6) is -1.19. The van der Waals surface area contributed by atoms with Crippen molar-refractivity contribution in [2.45, 2.75) is 6.54 Å². The SMILES string of the molecule is COC(=O)c1ccccc1NC(=O)/C(C#N)=C\NCc1ccc(Br)cc1. The summed E-state index contributed by atoms with van der Waals surface area (Å²) in [6, 6.07) is 15.9. The number of para-hydroxylation sites is 1. The molecule has 132 valence electrons. The average molecular weight is 414 g/mol. The van der Waals surface area contributed by atoms with E-state index in [2.05, 4.69) is 31.3 Å². The lowest BCUT2D eigenvalue weighted by Gasteiger charge is -2.09. The molecular formula is C19H16BrN3O3. The number of nitriles is 1. The van der Waals surface area contributed by atoms with Gasteiger partial charge in [0.15, 0.2) is 0 Å². The maximum Gasteiger partial charge on any atom is 0.339 e. The summed E-state index contributed by atoms with van der Waals surface area (Å²) in [5.41, 5.74) is 1.38. The van der Waals surface area contributed by atoms with Crippen molar-refractivity contribution in [3.8, 4) is 6.07 Å². The summed E-state index contributed by atoms with van der Waals surface area (Å²) in [6.45, 7) is 0.463. The van der Waals surface area contributed by atoms with Gasteiger partial charge in [-0.25, -0.2) is 4.79 Å². The van der Waals surface area contributed by atoms with Gasteiger partial charge in [-0.2, -0.15) is 5.26 Å². The van der Waals surface area contributed by atoms with E-state index in [1.165, 1.54) is 19.4 Å². The van der Waals surface area contributed by atoms with E-state index in [0.717, 1.165) is 10.0 Å². The molecule has 0 aliphatic heterocycles. The lowest BCUT2D eigenvalue weighted by Crippen LogP contribution is -2.18. The van der Waals surface area contributed by atoms with Crippen LogP contribution in [0.3, 0.4) is 0 Å². The summed E-state index contributed by atoms with van der Waals surface area (Å²) in [6.07, 6.45) is 1.35. The molecule has 7 heteroatoms. The van der Waals surface area contributed by atoms with Crippen molar-refractivity contribution in [1.82, 2.24) is 5.32 Å². The lowest BCUT2D eigenvalue weighted by molar-refractivity contribution is -0.112. The first-order chi connectivity index (χ1) is 12.5. The first-order valence-electron chi connectivity index (χ1n) is 7.62. The Hall–Kier alpha value is -3.11. The van der Waals surface area contributed by atoms with E-state index in [1.807, 2.05) is 30.3 Å². The molecule has 0 aromatic heterocycles. The molecule has 6 nitrogen and oxygen atoms in total. The van der Waals surface area contributed by atoms with Gasteiger partial charge in [0.2, 0.25) is 0 Å². The molecule has 0 fully saturated rings. The van der Waals surface area contributed by atoms with Gasteiger partial charge >= 0.3 is 5.97 Å². The van der Waals surface area contributed by atoms with Crippen LogP contribution in [-0.4, -0.2) is 19.0 Å². The summed E-state index contributed by atoms with van der Waals surface area (Å²) >= 11 is 3.36. The minimum absolute atomic E-state index is 0.109. The smallest absolute Gasteiger partial charge is 0.339 e. The van der Waals surface area contributed by atoms with Gasteiger partial charge in [0.1, 0.15) is 11.6 Å². The normalized spacial score (nSPS) is 10.6. The van der Waals surface area contributed by atoms with E-state index in [9.17, 15) is 14.9 Å². The highest BCUT2D eigenvalue weighted by molar-refractivity contribution is 9.10. The van der Waals surface area contributed by atoms with Crippen LogP contribution in [0.2, 0.25) is 0 Å². The van der Waals surface area contributed by atoms with Crippen molar-refractivity contribution in [2.24, 2.45) is 0 Å². The van der Waals surface area contributed by atoms with Crippen molar-refractivity contribution < 1.29 is 14.3 Å². The number of anilines is 1. The maximum absolute atomic E-state index is 12.3. The number of ether oxygens (including phenoxy) is 1. The minimum Gasteiger partial charge on any atom is -0.465 e. The van der Waals surface area contributed by atoms with E-state index in [4.69, 9.17) is 0 Å². The average Bonchev–Trinajstić information content (AvgIpc) is 2.66. The van der Waals surface area contributed by atoms with Gasteiger partial charge in [0.05, 0.1) is 18.4 Å². The molecule has 0 atom stereocenters. The first-order valence-corrected chi connectivity index (χ1v) is 8.41. The number of amides is 1. The monoisotopic (exact) mass is 413 g/mol. The highest BCUT2D eigenvalue weighted by Crippen LogP contribution is 2.17. The Kier molecular flexibility index (Phi) is 6.94. The summed E-state index contributed by atoms with van der Waals surface area (Å²) in [5, 5.41) is 14.7. The van der Waals surface area contributed by atoms with Gasteiger partial charge in [-0.1, -0.05) is 40.2 Å². The van der Waals surface area contributed by atoms with Crippen LogP contribution in [0.1, 0.15) is 15.9 Å². The van der Waals surface area contributed by atoms with Gasteiger partial charge in [0.25, 0.3) is 5.91 Å². The zero-order valence-electron chi connectivity index (χ0n) is 14.0. The molecule has 0 radical (unpaired) electrons. The molecule has 0 saturated carbocycles. The van der Waals surface area contributed by atoms with Gasteiger partial charge in [0, 0.05) is 17.2 Å². The number of hydrogen-bond donors (Lipinski definition) is 2. The molecule has 2 aromatic rings. The van der Waals surface area contributed by atoms with Crippen molar-refractivity contribution in [3.05, 3.63) is 75.9 Å². The van der Waals surface area contributed by atoms with E-state index in [0.29, 0.717) is 6.54 Å². The lowest BCUT2D eigenvalue weighted by atomic mass is 10.1. The van der Waals surface area contributed by atoms with Crippen LogP contribution in [-0.2, 0) is 16.1 Å². The number of nitrogens with zero attached hydrogens (tertiary/aromatic N) is 1. The van der Waals surface area contributed by atoms with Gasteiger partial charge in [-0.3, -0.25) is 4.79 Å². The third-order valence-corrected chi connectivity index (χ3v) is 3.94. The zero-order chi connectivity index (χ0) is 18.9. The first kappa shape index (κ1) is 19.2. The Morgan fingerprint density at radius 1 is 1.19 bits per heavy atom. The van der Waals surface area contributed by atoms with Crippen molar-refractivity contribution in [2.75, 3.05) is 12.4 Å². The van der Waals surface area contributed by atoms with Crippen molar-refractivity contribution >= 4 is 33.5 Å². The molecule has 1 amide bonds. The van der Waals surface area contributed by atoms with Crippen molar-refractivity contribution in [1.29, 1.82) is 5.26 Å². The predicted octanol–water partition coefficient (Wildman–Crippen LogP) is 3.37. The fraction of sp³-hybridized carbons (Fsp3) is 0.105. The molecule has 0 aliphatic carbocycles. The Balaban J connectivity index is 2.06. The fourth-order valence-corrected chi connectivity index (χ4v) is 2.36. The topological polar surface area (TPSA) is 91.2 Å². The highest BCUT2D eigenvalue weighted by Gasteiger charge is 2.15. The summed E-state index contributed by atoms with van der Waals surface area (Å²) in [7, 11) is 1.26. The largest absolute Gasteiger partial charge is 0.465 e. The molecule has 0 unspecified atom stereocenters. The second-order valence-corrected chi connectivity index (χ2v) is 6.08. The van der Waals surface area contributed by atoms with Crippen LogP contribution in [0.4, 0.5) is 5.69 Å². The number of hydrogen-bond acceptors (Lipinski definition) is 5. The molecule has 0 bridgehead atoms. The van der Waals surface area contributed by atoms with E-state index in [-0.39, 0.29) is 16.8 Å². The second-order valence-electron chi connectivity index (χ2n) is 5.17. The molecule has 0 spiro atoms. The Morgan fingerprint density at radius 3 is 2.54 bits per heavy atom. The molecule has 26 heavy (non-hydrogen) atoms. The fourth-order valence-electron chi connectivity index (χ4n) is 2.09. The number of rotatable bonds is 6. The number of methoxy groups -OCH3 is 1. The van der Waals surface area contributed by atoms with Crippen molar-refractivity contribution in [3.63, 3.8) is 0 Å². The van der Waals surface area contributed by atoms with Crippen LogP contribution >= 0.6 is 15.9 Å². The zero-order valence-corrected chi connectivity index (χ0v) is 15.5. The third-order valence-electron chi connectivity index (χ3n) is 3.41. The van der Waals surface area contributed by atoms with Crippen LogP contribution in [0.15, 0.2) is 64.8 Å². The number of carbonyl (C=O) groups is 2. The quantitative estimate of drug-likeness (QED) is 0.430. The molecule has 2 aromatic carbocycles. The van der Waals surface area contributed by atoms with E-state index in [1.54, 1.807) is 18.2 Å². The van der Waals surface area contributed by atoms with Gasteiger partial charge in [-0.05, 0) is 29.8 Å². The van der Waals surface area contributed by atoms with E-state index < -0.39 is 11.9 Å². The van der Waals surface area contributed by atoms with Crippen LogP contribution in [0, 0.1) is 11.3 Å². The number of benzene rings is 2. The number of carbonyl (C=O) groups excluding carboxylic acids is 2. The van der Waals surface area contributed by atoms with Crippen LogP contribution < -0.4 is 10.6 Å². The van der Waals surface area contributed by atoms with E-state index >= 15 is 0 Å². The summed E-state index contributed by atoms with van der Waals surface area (Å²) in [4.78, 5) is 24.0. The standard InChI is InChI=1S/C19H16BrN3O3/c1-26-19(25)16-4-2-3-5-17(16)23-18(24)14(10-21)12-22-11-13-6-8-15(20)9-7-13/h2-9,12,22H,11H2,1H3,(H,23,24)/b14-12-. The predicted molar refractivity (Wildman–Crippen MR) is 101 cm³/mol. The Labute approximate surface area is 159 Å². The maximum atomic E-state index is 12.3. The number of esters is 1. The Bertz CT molecular complexity index is 870. The van der Waals surface area contributed by atoms with Crippen LogP contribution in [0.25, 0.3) is 0 Å². The van der Waals surface area contributed by atoms with Crippen LogP contribution in [0.5, 0.6) is 0 Å². The number of halogens is 1. The molecule has 0 heterocycles. The molecular weight excluding hydrogens is 398 g/mol. The van der Waals surface area contributed by atoms with Gasteiger partial charge in [-0.15, -0.1) is 0 Å². The molecule has 0 aliphatic rings. The minimum atomic E-state index is -0.618. The second kappa shape index (κ2) is 9.39. The number of nitrogens with one attached hydrogen (secondary N) is 2. The molecule has 0 saturated heterocycles. The van der Waals surface area contributed by atoms with Gasteiger partial charge < -0.3 is 15.4 Å². The molecule has 2 N–H and O–H groups in total. The molecule has 2 rings (SSSR count).